The van der Waals surface area contributed by atoms with Crippen molar-refractivity contribution in [1.29, 1.82) is 0 Å². The number of carbonyl (C=O) groups is 1. The average molecular weight is 182 g/mol. The lowest BCUT2D eigenvalue weighted by molar-refractivity contribution is -0.116. The monoisotopic (exact) mass is 182 g/mol. The third-order valence-corrected chi connectivity index (χ3v) is 2.50. The van der Waals surface area contributed by atoms with E-state index in [4.69, 9.17) is 4.74 Å². The van der Waals surface area contributed by atoms with E-state index in [-0.39, 0.29) is 11.9 Å². The van der Waals surface area contributed by atoms with E-state index in [9.17, 15) is 4.79 Å². The zero-order chi connectivity index (χ0) is 9.68. The minimum Gasteiger partial charge on any atom is -0.381 e. The summed E-state index contributed by atoms with van der Waals surface area (Å²) in [7, 11) is 1.64. The molecule has 0 amide bonds. The molecule has 2 heteroatoms. The summed E-state index contributed by atoms with van der Waals surface area (Å²) >= 11 is 0. The van der Waals surface area contributed by atoms with Crippen LogP contribution < -0.4 is 0 Å². The SMILES string of the molecule is COC(C)CC(=O)C=C1CCCC1. The first-order valence-electron chi connectivity index (χ1n) is 4.97. The van der Waals surface area contributed by atoms with Gasteiger partial charge in [0.25, 0.3) is 0 Å². The molecule has 74 valence electrons. The van der Waals surface area contributed by atoms with E-state index < -0.39 is 0 Å². The van der Waals surface area contributed by atoms with Gasteiger partial charge < -0.3 is 4.74 Å². The van der Waals surface area contributed by atoms with Gasteiger partial charge >= 0.3 is 0 Å². The molecule has 2 nitrogen and oxygen atoms in total. The number of carbonyl (C=O) groups excluding carboxylic acids is 1. The molecule has 0 bridgehead atoms. The Kier molecular flexibility index (Phi) is 4.16. The lowest BCUT2D eigenvalue weighted by atomic mass is 10.1. The van der Waals surface area contributed by atoms with E-state index in [1.807, 2.05) is 13.0 Å². The minimum absolute atomic E-state index is 0.0470. The molecule has 0 aromatic heterocycles. The van der Waals surface area contributed by atoms with Gasteiger partial charge in [0.05, 0.1) is 6.10 Å². The molecule has 1 aliphatic carbocycles. The van der Waals surface area contributed by atoms with Crippen LogP contribution >= 0.6 is 0 Å². The van der Waals surface area contributed by atoms with Crippen molar-refractivity contribution in [2.45, 2.75) is 45.1 Å². The van der Waals surface area contributed by atoms with Crippen molar-refractivity contribution in [1.82, 2.24) is 0 Å². The van der Waals surface area contributed by atoms with Crippen LogP contribution in [0, 0.1) is 0 Å². The predicted molar refractivity (Wildman–Crippen MR) is 52.6 cm³/mol. The number of rotatable bonds is 4. The quantitative estimate of drug-likeness (QED) is 0.624. The van der Waals surface area contributed by atoms with Gasteiger partial charge in [0, 0.05) is 13.5 Å². The van der Waals surface area contributed by atoms with Gasteiger partial charge in [-0.2, -0.15) is 0 Å². The number of hydrogen-bond acceptors (Lipinski definition) is 2. The second-order valence-electron chi connectivity index (χ2n) is 3.73. The first-order valence-corrected chi connectivity index (χ1v) is 4.97. The molecule has 0 spiro atoms. The van der Waals surface area contributed by atoms with Crippen LogP contribution in [0.25, 0.3) is 0 Å². The lowest BCUT2D eigenvalue weighted by Crippen LogP contribution is -2.10. The van der Waals surface area contributed by atoms with Crippen LogP contribution in [-0.4, -0.2) is 19.0 Å². The van der Waals surface area contributed by atoms with Gasteiger partial charge in [0.1, 0.15) is 0 Å². The standard InChI is InChI=1S/C11H18O2/c1-9(13-2)7-11(12)8-10-5-3-4-6-10/h8-9H,3-7H2,1-2H3. The Labute approximate surface area is 80.0 Å². The largest absolute Gasteiger partial charge is 0.381 e. The molecule has 13 heavy (non-hydrogen) atoms. The molecule has 0 radical (unpaired) electrons. The first kappa shape index (κ1) is 10.5. The topological polar surface area (TPSA) is 26.3 Å². The van der Waals surface area contributed by atoms with Crippen molar-refractivity contribution in [3.63, 3.8) is 0 Å². The molecule has 0 saturated heterocycles. The van der Waals surface area contributed by atoms with Gasteiger partial charge in [0.2, 0.25) is 0 Å². The molecule has 1 rings (SSSR count). The van der Waals surface area contributed by atoms with Gasteiger partial charge in [-0.3, -0.25) is 4.79 Å². The van der Waals surface area contributed by atoms with Crippen molar-refractivity contribution < 1.29 is 9.53 Å². The third kappa shape index (κ3) is 3.73. The zero-order valence-corrected chi connectivity index (χ0v) is 8.51. The highest BCUT2D eigenvalue weighted by Gasteiger charge is 2.10. The molecule has 0 aromatic rings. The van der Waals surface area contributed by atoms with Crippen LogP contribution in [-0.2, 0) is 9.53 Å². The van der Waals surface area contributed by atoms with Crippen molar-refractivity contribution >= 4 is 5.78 Å². The molecule has 1 atom stereocenters. The molecule has 0 aromatic carbocycles. The summed E-state index contributed by atoms with van der Waals surface area (Å²) in [6.07, 6.45) is 7.12. The van der Waals surface area contributed by atoms with E-state index in [0.717, 1.165) is 12.8 Å². The fraction of sp³-hybridized carbons (Fsp3) is 0.727. The first-order chi connectivity index (χ1) is 6.22. The highest BCUT2D eigenvalue weighted by atomic mass is 16.5. The Morgan fingerprint density at radius 3 is 2.69 bits per heavy atom. The average Bonchev–Trinajstić information content (AvgIpc) is 2.56. The summed E-state index contributed by atoms with van der Waals surface area (Å²) in [5, 5.41) is 0. The van der Waals surface area contributed by atoms with E-state index >= 15 is 0 Å². The van der Waals surface area contributed by atoms with Gasteiger partial charge in [-0.05, 0) is 38.7 Å². The van der Waals surface area contributed by atoms with E-state index in [0.29, 0.717) is 6.42 Å². The molecule has 1 fully saturated rings. The summed E-state index contributed by atoms with van der Waals surface area (Å²) in [6.45, 7) is 1.92. The van der Waals surface area contributed by atoms with Crippen molar-refractivity contribution in [2.24, 2.45) is 0 Å². The minimum atomic E-state index is 0.0470. The Morgan fingerprint density at radius 1 is 1.54 bits per heavy atom. The van der Waals surface area contributed by atoms with Crippen LogP contribution in [0.15, 0.2) is 11.6 Å². The maximum Gasteiger partial charge on any atom is 0.158 e. The van der Waals surface area contributed by atoms with Crippen molar-refractivity contribution in [3.05, 3.63) is 11.6 Å². The Balaban J connectivity index is 2.35. The molecule has 0 heterocycles. The van der Waals surface area contributed by atoms with Gasteiger partial charge in [0.15, 0.2) is 5.78 Å². The fourth-order valence-electron chi connectivity index (χ4n) is 1.63. The van der Waals surface area contributed by atoms with Crippen LogP contribution in [0.4, 0.5) is 0 Å². The smallest absolute Gasteiger partial charge is 0.158 e. The molecule has 1 aliphatic rings. The normalized spacial score (nSPS) is 18.8. The second-order valence-corrected chi connectivity index (χ2v) is 3.73. The summed E-state index contributed by atoms with van der Waals surface area (Å²) in [6, 6.07) is 0. The van der Waals surface area contributed by atoms with E-state index in [2.05, 4.69) is 0 Å². The molecule has 0 aliphatic heterocycles. The number of allylic oxidation sites excluding steroid dienone is 2. The zero-order valence-electron chi connectivity index (χ0n) is 8.51. The summed E-state index contributed by atoms with van der Waals surface area (Å²) in [5.74, 6) is 0.214. The third-order valence-electron chi connectivity index (χ3n) is 2.50. The Morgan fingerprint density at radius 2 is 2.15 bits per heavy atom. The molecule has 1 saturated carbocycles. The van der Waals surface area contributed by atoms with Crippen LogP contribution in [0.2, 0.25) is 0 Å². The number of ketones is 1. The van der Waals surface area contributed by atoms with Gasteiger partial charge in [-0.25, -0.2) is 0 Å². The predicted octanol–water partition coefficient (Wildman–Crippen LogP) is 2.48. The summed E-state index contributed by atoms with van der Waals surface area (Å²) < 4.78 is 5.04. The highest BCUT2D eigenvalue weighted by molar-refractivity contribution is 5.90. The molecule has 1 unspecified atom stereocenters. The number of methoxy groups -OCH3 is 1. The second kappa shape index (κ2) is 5.18. The lowest BCUT2D eigenvalue weighted by Gasteiger charge is -2.05. The van der Waals surface area contributed by atoms with Crippen LogP contribution in [0.5, 0.6) is 0 Å². The van der Waals surface area contributed by atoms with Crippen molar-refractivity contribution in [2.75, 3.05) is 7.11 Å². The van der Waals surface area contributed by atoms with Gasteiger partial charge in [-0.15, -0.1) is 0 Å². The van der Waals surface area contributed by atoms with Crippen LogP contribution in [0.3, 0.4) is 0 Å². The van der Waals surface area contributed by atoms with Crippen LogP contribution in [0.1, 0.15) is 39.0 Å². The maximum absolute atomic E-state index is 11.4. The number of hydrogen-bond donors (Lipinski definition) is 0. The van der Waals surface area contributed by atoms with Gasteiger partial charge in [-0.1, -0.05) is 5.57 Å². The summed E-state index contributed by atoms with van der Waals surface area (Å²) in [5.41, 5.74) is 1.33. The summed E-state index contributed by atoms with van der Waals surface area (Å²) in [4.78, 5) is 11.4. The van der Waals surface area contributed by atoms with Crippen molar-refractivity contribution in [3.8, 4) is 0 Å². The van der Waals surface area contributed by atoms with E-state index in [1.165, 1.54) is 18.4 Å². The Bertz CT molecular complexity index is 198. The fourth-order valence-corrected chi connectivity index (χ4v) is 1.63. The Hall–Kier alpha value is -0.630. The highest BCUT2D eigenvalue weighted by Crippen LogP contribution is 2.23. The molecular formula is C11H18O2. The number of ether oxygens (including phenoxy) is 1. The molecular weight excluding hydrogens is 164 g/mol. The molecule has 0 N–H and O–H groups in total. The maximum atomic E-state index is 11.4. The van der Waals surface area contributed by atoms with E-state index in [1.54, 1.807) is 7.11 Å².